The van der Waals surface area contributed by atoms with Crippen molar-refractivity contribution in [2.45, 2.75) is 56.4 Å². The Morgan fingerprint density at radius 3 is 2.40 bits per heavy atom. The van der Waals surface area contributed by atoms with Gasteiger partial charge in [0.1, 0.15) is 0 Å². The number of benzene rings is 2. The Kier molecular flexibility index (Phi) is 6.71. The van der Waals surface area contributed by atoms with Crippen LogP contribution in [0.15, 0.2) is 42.5 Å². The van der Waals surface area contributed by atoms with Gasteiger partial charge in [0, 0.05) is 33.4 Å². The first-order chi connectivity index (χ1) is 14.6. The van der Waals surface area contributed by atoms with E-state index in [0.29, 0.717) is 12.5 Å². The number of nitrogens with zero attached hydrogens (tertiary/aromatic N) is 2. The molecule has 2 fully saturated rings. The summed E-state index contributed by atoms with van der Waals surface area (Å²) >= 11 is 0. The van der Waals surface area contributed by atoms with Gasteiger partial charge in [-0.2, -0.15) is 0 Å². The molecule has 0 N–H and O–H groups in total. The summed E-state index contributed by atoms with van der Waals surface area (Å²) in [5, 5.41) is 2.34. The minimum atomic E-state index is 0.0201. The highest BCUT2D eigenvalue weighted by atomic mass is 16.5. The molecule has 4 rings (SSSR count). The van der Waals surface area contributed by atoms with Crippen LogP contribution in [0.25, 0.3) is 10.8 Å². The maximum absolute atomic E-state index is 13.4. The number of likely N-dealkylation sites (N-methyl/N-ethyl adjacent to an activating group) is 1. The van der Waals surface area contributed by atoms with Crippen LogP contribution in [0.4, 0.5) is 0 Å². The Hall–Kier alpha value is -1.95. The summed E-state index contributed by atoms with van der Waals surface area (Å²) in [6.07, 6.45) is 4.72. The van der Waals surface area contributed by atoms with E-state index in [1.54, 1.807) is 14.2 Å². The largest absolute Gasteiger partial charge is 0.379 e. The van der Waals surface area contributed by atoms with Crippen molar-refractivity contribution in [2.24, 2.45) is 0 Å². The summed E-state index contributed by atoms with van der Waals surface area (Å²) in [7, 11) is 5.50. The SMILES string of the molecule is CO[C@H]1C[C@@H](N2CCCC2)[C@H](N(C)C(=O)Cc2cccc3ccccc23)C[C@H]1OC. The summed E-state index contributed by atoms with van der Waals surface area (Å²) in [6, 6.07) is 15.0. The molecular formula is C25H34N2O3. The first kappa shape index (κ1) is 21.3. The van der Waals surface area contributed by atoms with Crippen molar-refractivity contribution in [2.75, 3.05) is 34.4 Å². The third-order valence-corrected chi connectivity index (χ3v) is 7.13. The predicted octanol–water partition coefficient (Wildman–Crippen LogP) is 3.50. The lowest BCUT2D eigenvalue weighted by molar-refractivity contribution is -0.140. The number of likely N-dealkylation sites (tertiary alicyclic amines) is 1. The van der Waals surface area contributed by atoms with Crippen LogP contribution >= 0.6 is 0 Å². The summed E-state index contributed by atoms with van der Waals surface area (Å²) < 4.78 is 11.5. The average molecular weight is 411 g/mol. The average Bonchev–Trinajstić information content (AvgIpc) is 3.32. The Bertz CT molecular complexity index is 859. The molecule has 0 radical (unpaired) electrons. The van der Waals surface area contributed by atoms with Crippen molar-refractivity contribution in [1.82, 2.24) is 9.80 Å². The molecule has 0 spiro atoms. The van der Waals surface area contributed by atoms with Crippen LogP contribution < -0.4 is 0 Å². The molecule has 1 aliphatic carbocycles. The molecule has 0 unspecified atom stereocenters. The molecule has 2 aliphatic rings. The van der Waals surface area contributed by atoms with E-state index in [1.807, 2.05) is 30.1 Å². The molecule has 5 heteroatoms. The van der Waals surface area contributed by atoms with E-state index in [0.717, 1.165) is 36.9 Å². The van der Waals surface area contributed by atoms with Gasteiger partial charge in [-0.1, -0.05) is 42.5 Å². The number of hydrogen-bond acceptors (Lipinski definition) is 4. The fourth-order valence-corrected chi connectivity index (χ4v) is 5.39. The van der Waals surface area contributed by atoms with Crippen LogP contribution in [0.1, 0.15) is 31.2 Å². The number of methoxy groups -OCH3 is 2. The topological polar surface area (TPSA) is 42.0 Å². The maximum atomic E-state index is 13.4. The van der Waals surface area contributed by atoms with Gasteiger partial charge in [-0.3, -0.25) is 9.69 Å². The van der Waals surface area contributed by atoms with Crippen LogP contribution in [0.3, 0.4) is 0 Å². The van der Waals surface area contributed by atoms with Crippen molar-refractivity contribution in [3.8, 4) is 0 Å². The second-order valence-electron chi connectivity index (χ2n) is 8.72. The third kappa shape index (κ3) is 4.25. The molecule has 0 bridgehead atoms. The Morgan fingerprint density at radius 2 is 1.67 bits per heavy atom. The van der Waals surface area contributed by atoms with Gasteiger partial charge >= 0.3 is 0 Å². The number of rotatable bonds is 6. The fourth-order valence-electron chi connectivity index (χ4n) is 5.39. The molecule has 1 saturated heterocycles. The molecular weight excluding hydrogens is 376 g/mol. The first-order valence-electron chi connectivity index (χ1n) is 11.1. The molecule has 162 valence electrons. The summed E-state index contributed by atoms with van der Waals surface area (Å²) in [4.78, 5) is 17.9. The molecule has 1 aliphatic heterocycles. The van der Waals surface area contributed by atoms with Gasteiger partial charge in [0.05, 0.1) is 18.6 Å². The van der Waals surface area contributed by atoms with E-state index < -0.39 is 0 Å². The highest BCUT2D eigenvalue weighted by Crippen LogP contribution is 2.32. The van der Waals surface area contributed by atoms with Crippen LogP contribution in [-0.2, 0) is 20.7 Å². The number of hydrogen-bond donors (Lipinski definition) is 0. The quantitative estimate of drug-likeness (QED) is 0.731. The lowest BCUT2D eigenvalue weighted by atomic mass is 9.84. The van der Waals surface area contributed by atoms with Gasteiger partial charge in [-0.05, 0) is 55.1 Å². The predicted molar refractivity (Wildman–Crippen MR) is 120 cm³/mol. The van der Waals surface area contributed by atoms with E-state index in [4.69, 9.17) is 9.47 Å². The Balaban J connectivity index is 1.55. The van der Waals surface area contributed by atoms with E-state index in [9.17, 15) is 4.79 Å². The fraction of sp³-hybridized carbons (Fsp3) is 0.560. The summed E-state index contributed by atoms with van der Waals surface area (Å²) in [5.74, 6) is 0.172. The zero-order valence-electron chi connectivity index (χ0n) is 18.4. The third-order valence-electron chi connectivity index (χ3n) is 7.13. The zero-order chi connectivity index (χ0) is 21.1. The van der Waals surface area contributed by atoms with Gasteiger partial charge in [0.25, 0.3) is 0 Å². The van der Waals surface area contributed by atoms with Gasteiger partial charge in [0.2, 0.25) is 5.91 Å². The van der Waals surface area contributed by atoms with E-state index >= 15 is 0 Å². The van der Waals surface area contributed by atoms with Gasteiger partial charge in [-0.15, -0.1) is 0 Å². The van der Waals surface area contributed by atoms with E-state index in [-0.39, 0.29) is 24.2 Å². The van der Waals surface area contributed by atoms with Crippen molar-refractivity contribution < 1.29 is 14.3 Å². The van der Waals surface area contributed by atoms with Crippen LogP contribution in [0, 0.1) is 0 Å². The number of ether oxygens (including phenoxy) is 2. The van der Waals surface area contributed by atoms with Crippen LogP contribution in [-0.4, -0.2) is 74.4 Å². The molecule has 2 aromatic rings. The molecule has 2 aromatic carbocycles. The maximum Gasteiger partial charge on any atom is 0.227 e. The molecule has 4 atom stereocenters. The molecule has 30 heavy (non-hydrogen) atoms. The monoisotopic (exact) mass is 410 g/mol. The minimum absolute atomic E-state index is 0.0201. The Morgan fingerprint density at radius 1 is 1.00 bits per heavy atom. The Labute approximate surface area is 179 Å². The molecule has 5 nitrogen and oxygen atoms in total. The van der Waals surface area contributed by atoms with E-state index in [1.165, 1.54) is 18.2 Å². The number of carbonyl (C=O) groups is 1. The van der Waals surface area contributed by atoms with Gasteiger partial charge < -0.3 is 14.4 Å². The molecule has 1 saturated carbocycles. The standard InChI is InChI=1S/C25H34N2O3/c1-26(25(28)15-19-11-8-10-18-9-4-5-12-20(18)19)21-16-23(29-2)24(30-3)17-22(21)27-13-6-7-14-27/h4-5,8-12,21-24H,6-7,13-17H2,1-3H3/t21-,22-,23-,24+/m1/s1. The molecule has 1 heterocycles. The second-order valence-corrected chi connectivity index (χ2v) is 8.72. The first-order valence-corrected chi connectivity index (χ1v) is 11.1. The van der Waals surface area contributed by atoms with Crippen molar-refractivity contribution in [3.05, 3.63) is 48.0 Å². The minimum Gasteiger partial charge on any atom is -0.379 e. The molecule has 1 amide bonds. The normalized spacial score (nSPS) is 27.4. The van der Waals surface area contributed by atoms with Gasteiger partial charge in [-0.25, -0.2) is 0 Å². The zero-order valence-corrected chi connectivity index (χ0v) is 18.4. The summed E-state index contributed by atoms with van der Waals surface area (Å²) in [5.41, 5.74) is 1.09. The number of fused-ring (bicyclic) bond motifs is 1. The lowest BCUT2D eigenvalue weighted by Gasteiger charge is -2.47. The smallest absolute Gasteiger partial charge is 0.227 e. The second kappa shape index (κ2) is 9.46. The number of carbonyl (C=O) groups excluding carboxylic acids is 1. The van der Waals surface area contributed by atoms with E-state index in [2.05, 4.69) is 29.2 Å². The van der Waals surface area contributed by atoms with Crippen LogP contribution in [0.2, 0.25) is 0 Å². The highest BCUT2D eigenvalue weighted by Gasteiger charge is 2.43. The van der Waals surface area contributed by atoms with Gasteiger partial charge in [0.15, 0.2) is 0 Å². The summed E-state index contributed by atoms with van der Waals surface area (Å²) in [6.45, 7) is 2.22. The molecule has 0 aromatic heterocycles. The highest BCUT2D eigenvalue weighted by molar-refractivity contribution is 5.90. The number of amides is 1. The van der Waals surface area contributed by atoms with Crippen molar-refractivity contribution in [3.63, 3.8) is 0 Å². The van der Waals surface area contributed by atoms with Crippen molar-refractivity contribution in [1.29, 1.82) is 0 Å². The van der Waals surface area contributed by atoms with Crippen LogP contribution in [0.5, 0.6) is 0 Å². The lowest BCUT2D eigenvalue weighted by Crippen LogP contribution is -2.59. The van der Waals surface area contributed by atoms with Crippen molar-refractivity contribution >= 4 is 16.7 Å².